The number of thiazole rings is 1. The fourth-order valence-electron chi connectivity index (χ4n) is 6.23. The fraction of sp³-hybridized carbons (Fsp3) is 0.167. The van der Waals surface area contributed by atoms with E-state index in [9.17, 15) is 4.79 Å². The Morgan fingerprint density at radius 3 is 2.71 bits per heavy atom. The van der Waals surface area contributed by atoms with Crippen LogP contribution in [0.4, 0.5) is 0 Å². The molecule has 0 spiro atoms. The van der Waals surface area contributed by atoms with Gasteiger partial charge in [0.15, 0.2) is 27.8 Å². The van der Waals surface area contributed by atoms with Crippen LogP contribution in [-0.4, -0.2) is 18.5 Å². The molecule has 1 atom stereocenters. The van der Waals surface area contributed by atoms with Crippen molar-refractivity contribution in [2.24, 2.45) is 4.99 Å². The standard InChI is InChI=1S/C36H27ClN2O5S/c1-41-30-16-21(10-14-28(30)42-19-22-11-15-29-31(17-22)44-20-43-29)18-32-35(40)39-34(25-8-4-5-9-27(25)37)26-13-12-23-6-2-3-7-24(23)33(26)38-36(39)45-32/h2-11,14-18,34H,12-13,19-20H2,1H3/b32-18-. The minimum Gasteiger partial charge on any atom is -0.493 e. The summed E-state index contributed by atoms with van der Waals surface area (Å²) in [6.45, 7) is 0.560. The number of aryl methyl sites for hydroxylation is 1. The van der Waals surface area contributed by atoms with Crippen LogP contribution in [0.25, 0.3) is 11.8 Å². The highest BCUT2D eigenvalue weighted by Gasteiger charge is 2.33. The Morgan fingerprint density at radius 1 is 0.978 bits per heavy atom. The number of nitrogens with zero attached hydrogens (tertiary/aromatic N) is 2. The molecular formula is C36H27ClN2O5S. The van der Waals surface area contributed by atoms with Gasteiger partial charge in [-0.2, -0.15) is 0 Å². The molecule has 9 heteroatoms. The summed E-state index contributed by atoms with van der Waals surface area (Å²) >= 11 is 8.15. The number of benzene rings is 4. The Bertz CT molecular complexity index is 2200. The number of rotatable bonds is 6. The third-order valence-corrected chi connectivity index (χ3v) is 9.72. The van der Waals surface area contributed by atoms with Gasteiger partial charge < -0.3 is 18.9 Å². The molecule has 224 valence electrons. The van der Waals surface area contributed by atoms with Crippen molar-refractivity contribution in [3.63, 3.8) is 0 Å². The Kier molecular flexibility index (Phi) is 6.96. The number of hydrogen-bond acceptors (Lipinski definition) is 7. The molecule has 45 heavy (non-hydrogen) atoms. The lowest BCUT2D eigenvalue weighted by Gasteiger charge is -2.31. The summed E-state index contributed by atoms with van der Waals surface area (Å²) in [5, 5.41) is 0.630. The summed E-state index contributed by atoms with van der Waals surface area (Å²) < 4.78 is 25.0. The molecule has 5 aromatic rings. The first-order valence-electron chi connectivity index (χ1n) is 14.6. The van der Waals surface area contributed by atoms with Crippen molar-refractivity contribution in [2.45, 2.75) is 25.5 Å². The molecule has 1 unspecified atom stereocenters. The van der Waals surface area contributed by atoms with Crippen LogP contribution in [0, 0.1) is 0 Å². The number of ether oxygens (including phenoxy) is 4. The highest BCUT2D eigenvalue weighted by Crippen LogP contribution is 2.42. The van der Waals surface area contributed by atoms with Gasteiger partial charge in [0, 0.05) is 10.6 Å². The first-order chi connectivity index (χ1) is 22.1. The molecule has 3 heterocycles. The molecule has 0 saturated heterocycles. The van der Waals surface area contributed by atoms with Gasteiger partial charge in [0.05, 0.1) is 23.4 Å². The summed E-state index contributed by atoms with van der Waals surface area (Å²) in [6, 6.07) is 27.2. The average Bonchev–Trinajstić information content (AvgIpc) is 3.66. The van der Waals surface area contributed by atoms with Crippen molar-refractivity contribution in [2.75, 3.05) is 13.9 Å². The van der Waals surface area contributed by atoms with Crippen LogP contribution >= 0.6 is 22.9 Å². The number of fused-ring (bicyclic) bond motifs is 4. The fourth-order valence-corrected chi connectivity index (χ4v) is 7.47. The van der Waals surface area contributed by atoms with E-state index in [4.69, 9.17) is 35.5 Å². The Morgan fingerprint density at radius 2 is 1.82 bits per heavy atom. The van der Waals surface area contributed by atoms with Crippen LogP contribution in [0.3, 0.4) is 0 Å². The normalized spacial score (nSPS) is 16.5. The highest BCUT2D eigenvalue weighted by molar-refractivity contribution is 7.07. The number of hydrogen-bond donors (Lipinski definition) is 0. The Balaban J connectivity index is 1.18. The van der Waals surface area contributed by atoms with Crippen LogP contribution in [0.1, 0.15) is 40.3 Å². The Hall–Kier alpha value is -4.79. The van der Waals surface area contributed by atoms with Crippen molar-refractivity contribution >= 4 is 34.7 Å². The van der Waals surface area contributed by atoms with E-state index < -0.39 is 0 Å². The Labute approximate surface area is 267 Å². The van der Waals surface area contributed by atoms with Gasteiger partial charge in [-0.1, -0.05) is 77.5 Å². The lowest BCUT2D eigenvalue weighted by atomic mass is 9.83. The zero-order valence-corrected chi connectivity index (χ0v) is 25.9. The van der Waals surface area contributed by atoms with Crippen molar-refractivity contribution in [3.05, 3.63) is 143 Å². The molecule has 2 aliphatic heterocycles. The minimum absolute atomic E-state index is 0.101. The molecule has 0 bridgehead atoms. The molecule has 0 fully saturated rings. The SMILES string of the molecule is COc1cc(/C=c2\sc3n(c2=O)C(c2ccccc2Cl)C2=C(N=3)c3ccccc3CC2)ccc1OCc1ccc2c(c1)OCO2. The maximum Gasteiger partial charge on any atom is 0.271 e. The summed E-state index contributed by atoms with van der Waals surface area (Å²) in [5.41, 5.74) is 7.02. The molecule has 0 N–H and O–H groups in total. The third-order valence-electron chi connectivity index (χ3n) is 8.39. The first kappa shape index (κ1) is 27.7. The van der Waals surface area contributed by atoms with Gasteiger partial charge in [-0.15, -0.1) is 0 Å². The predicted octanol–water partition coefficient (Wildman–Crippen LogP) is 6.29. The summed E-state index contributed by atoms with van der Waals surface area (Å²) in [7, 11) is 1.60. The van der Waals surface area contributed by atoms with Crippen molar-refractivity contribution in [3.8, 4) is 23.0 Å². The lowest BCUT2D eigenvalue weighted by Crippen LogP contribution is -2.38. The molecule has 0 radical (unpaired) electrons. The molecular weight excluding hydrogens is 608 g/mol. The van der Waals surface area contributed by atoms with Gasteiger partial charge in [0.25, 0.3) is 5.56 Å². The minimum atomic E-state index is -0.332. The second-order valence-electron chi connectivity index (χ2n) is 11.0. The molecule has 0 saturated carbocycles. The second-order valence-corrected chi connectivity index (χ2v) is 12.4. The lowest BCUT2D eigenvalue weighted by molar-refractivity contribution is 0.174. The van der Waals surface area contributed by atoms with Crippen molar-refractivity contribution in [1.82, 2.24) is 4.57 Å². The van der Waals surface area contributed by atoms with Gasteiger partial charge in [-0.05, 0) is 77.1 Å². The van der Waals surface area contributed by atoms with Crippen molar-refractivity contribution < 1.29 is 18.9 Å². The van der Waals surface area contributed by atoms with Gasteiger partial charge >= 0.3 is 0 Å². The molecule has 8 rings (SSSR count). The van der Waals surface area contributed by atoms with Gasteiger partial charge in [0.1, 0.15) is 6.61 Å². The predicted molar refractivity (Wildman–Crippen MR) is 174 cm³/mol. The van der Waals surface area contributed by atoms with E-state index in [0.717, 1.165) is 52.1 Å². The largest absolute Gasteiger partial charge is 0.493 e. The van der Waals surface area contributed by atoms with E-state index in [0.29, 0.717) is 38.2 Å². The van der Waals surface area contributed by atoms with E-state index in [1.54, 1.807) is 7.11 Å². The molecule has 1 aliphatic carbocycles. The first-order valence-corrected chi connectivity index (χ1v) is 15.8. The van der Waals surface area contributed by atoms with Crippen molar-refractivity contribution in [1.29, 1.82) is 0 Å². The molecule has 1 aromatic heterocycles. The summed E-state index contributed by atoms with van der Waals surface area (Å²) in [5.74, 6) is 2.60. The third kappa shape index (κ3) is 4.90. The van der Waals surface area contributed by atoms with Crippen LogP contribution in [0.5, 0.6) is 23.0 Å². The zero-order chi connectivity index (χ0) is 30.5. The van der Waals surface area contributed by atoms with Crippen LogP contribution in [0.2, 0.25) is 5.02 Å². The van der Waals surface area contributed by atoms with E-state index in [1.807, 2.05) is 77.4 Å². The molecule has 3 aliphatic rings. The van der Waals surface area contributed by atoms with Crippen LogP contribution < -0.4 is 33.8 Å². The number of aromatic nitrogens is 1. The number of halogens is 1. The van der Waals surface area contributed by atoms with E-state index in [-0.39, 0.29) is 18.4 Å². The zero-order valence-electron chi connectivity index (χ0n) is 24.3. The van der Waals surface area contributed by atoms with Crippen LogP contribution in [-0.2, 0) is 13.0 Å². The monoisotopic (exact) mass is 634 g/mol. The molecule has 4 aromatic carbocycles. The number of methoxy groups -OCH3 is 1. The molecule has 0 amide bonds. The maximum absolute atomic E-state index is 14.1. The van der Waals surface area contributed by atoms with E-state index in [1.165, 1.54) is 16.9 Å². The van der Waals surface area contributed by atoms with Gasteiger partial charge in [-0.25, -0.2) is 4.99 Å². The van der Waals surface area contributed by atoms with Gasteiger partial charge in [-0.3, -0.25) is 9.36 Å². The van der Waals surface area contributed by atoms with Crippen LogP contribution in [0.15, 0.2) is 100 Å². The highest BCUT2D eigenvalue weighted by atomic mass is 35.5. The summed E-state index contributed by atoms with van der Waals surface area (Å²) in [4.78, 5) is 19.9. The van der Waals surface area contributed by atoms with E-state index in [2.05, 4.69) is 18.2 Å². The number of allylic oxidation sites excluding steroid dienone is 1. The summed E-state index contributed by atoms with van der Waals surface area (Å²) in [6.07, 6.45) is 3.58. The van der Waals surface area contributed by atoms with Gasteiger partial charge in [0.2, 0.25) is 6.79 Å². The quantitative estimate of drug-likeness (QED) is 0.220. The van der Waals surface area contributed by atoms with E-state index >= 15 is 0 Å². The molecule has 7 nitrogen and oxygen atoms in total. The topological polar surface area (TPSA) is 71.3 Å². The smallest absolute Gasteiger partial charge is 0.271 e. The maximum atomic E-state index is 14.1. The average molecular weight is 635 g/mol. The second kappa shape index (κ2) is 11.3.